The highest BCUT2D eigenvalue weighted by Gasteiger charge is 2.28. The van der Waals surface area contributed by atoms with Gasteiger partial charge in [0.05, 0.1) is 58.9 Å². The monoisotopic (exact) mass is 1310 g/mol. The Morgan fingerprint density at radius 2 is 1.04 bits per heavy atom. The number of likely N-dealkylation sites (N-methyl/N-ethyl adjacent to an activating group) is 1. The minimum Gasteiger partial charge on any atom is -0.496 e. The van der Waals surface area contributed by atoms with Gasteiger partial charge in [-0.1, -0.05) is 88.1 Å². The number of likely N-dealkylation sites (tertiary alicyclic amines) is 1. The Morgan fingerprint density at radius 1 is 0.579 bits per heavy atom. The summed E-state index contributed by atoms with van der Waals surface area (Å²) in [5.41, 5.74) is 22.4. The number of fused-ring (bicyclic) bond motifs is 6. The summed E-state index contributed by atoms with van der Waals surface area (Å²) < 4.78 is 27.2. The third kappa shape index (κ3) is 15.3. The molecule has 0 atom stereocenters. The van der Waals surface area contributed by atoms with Gasteiger partial charge in [-0.2, -0.15) is 0 Å². The number of carbonyl (C=O) groups excluding carboxylic acids is 2. The molecule has 498 valence electrons. The van der Waals surface area contributed by atoms with E-state index < -0.39 is 5.43 Å². The van der Waals surface area contributed by atoms with Crippen LogP contribution in [-0.2, 0) is 10.8 Å². The highest BCUT2D eigenvalue weighted by Crippen LogP contribution is 2.45. The SMILES string of the molecule is CN1CCCCC1.COc1cc2c(cc1-c1c(C)noc1C)[nH]c1nc(C)nc(-c3ccc(N)c(C(C)(C)C)c3)c12.COc1cc2c(cc1-c1c(C)noc1C)[nH]c1nc(C)nc(-c3ccc(NC(=O)N4CCN(C)CC4)c(C(C)(C)C)c3)c12.Cc1ccc(OC(=O)Cl)cc1. The van der Waals surface area contributed by atoms with Gasteiger partial charge in [0.15, 0.2) is 0 Å². The second-order valence-electron chi connectivity index (χ2n) is 26.8. The first-order valence-corrected chi connectivity index (χ1v) is 32.5. The van der Waals surface area contributed by atoms with E-state index in [0.717, 1.165) is 158 Å². The van der Waals surface area contributed by atoms with Crippen LogP contribution >= 0.6 is 11.6 Å². The molecule has 0 spiro atoms. The van der Waals surface area contributed by atoms with Crippen molar-refractivity contribution in [1.29, 1.82) is 0 Å². The topological polar surface area (TPSA) is 245 Å². The molecule has 2 aliphatic rings. The van der Waals surface area contributed by atoms with Crippen molar-refractivity contribution < 1.29 is 32.8 Å². The minimum atomic E-state index is -0.811. The molecule has 5 N–H and O–H groups in total. The number of rotatable bonds is 8. The summed E-state index contributed by atoms with van der Waals surface area (Å²) in [6.45, 7) is 32.2. The van der Waals surface area contributed by atoms with E-state index in [0.29, 0.717) is 36.2 Å². The zero-order chi connectivity index (χ0) is 68.4. The third-order valence-electron chi connectivity index (χ3n) is 17.4. The number of nitrogens with zero attached hydrogens (tertiary/aromatic N) is 9. The number of amides is 2. The lowest BCUT2D eigenvalue weighted by molar-refractivity contribution is 0.164. The molecule has 0 saturated carbocycles. The molecule has 11 aromatic rings. The number of nitrogen functional groups attached to an aromatic ring is 1. The first-order chi connectivity index (χ1) is 45.1. The van der Waals surface area contributed by atoms with E-state index in [4.69, 9.17) is 55.8 Å². The number of nitrogens with one attached hydrogen (secondary N) is 3. The molecule has 2 aliphatic heterocycles. The van der Waals surface area contributed by atoms with Gasteiger partial charge >= 0.3 is 11.5 Å². The summed E-state index contributed by atoms with van der Waals surface area (Å²) in [5.74, 6) is 4.76. The lowest BCUT2D eigenvalue weighted by atomic mass is 9.84. The fourth-order valence-corrected chi connectivity index (χ4v) is 12.6. The van der Waals surface area contributed by atoms with E-state index in [-0.39, 0.29) is 16.9 Å². The Hall–Kier alpha value is -9.37. The predicted molar refractivity (Wildman–Crippen MR) is 380 cm³/mol. The van der Waals surface area contributed by atoms with Gasteiger partial charge in [0.25, 0.3) is 0 Å². The number of methoxy groups -OCH3 is 2. The quantitative estimate of drug-likeness (QED) is 0.0816. The van der Waals surface area contributed by atoms with Crippen LogP contribution in [0.1, 0.15) is 112 Å². The Kier molecular flexibility index (Phi) is 20.4. The Morgan fingerprint density at radius 3 is 1.46 bits per heavy atom. The molecule has 5 aromatic carbocycles. The van der Waals surface area contributed by atoms with Crippen molar-refractivity contribution in [3.05, 3.63) is 136 Å². The van der Waals surface area contributed by atoms with Gasteiger partial charge in [0.2, 0.25) is 0 Å². The molecule has 13 rings (SSSR count). The molecule has 6 aromatic heterocycles. The maximum absolute atomic E-state index is 13.2. The number of hydrogen-bond donors (Lipinski definition) is 4. The van der Waals surface area contributed by atoms with Gasteiger partial charge < -0.3 is 59.0 Å². The average Bonchev–Trinajstić information content (AvgIpc) is 1.63. The van der Waals surface area contributed by atoms with Crippen molar-refractivity contribution in [3.63, 3.8) is 0 Å². The van der Waals surface area contributed by atoms with Crippen LogP contribution < -0.4 is 25.3 Å². The zero-order valence-electron chi connectivity index (χ0n) is 57.8. The number of piperazine rings is 1. The number of aromatic amines is 2. The summed E-state index contributed by atoms with van der Waals surface area (Å²) in [7, 11) is 7.62. The molecular formula is C74H88ClN13O7. The van der Waals surface area contributed by atoms with Crippen molar-refractivity contribution in [2.75, 3.05) is 78.6 Å². The number of aromatic nitrogens is 8. The molecule has 2 fully saturated rings. The van der Waals surface area contributed by atoms with Gasteiger partial charge in [0.1, 0.15) is 51.7 Å². The lowest BCUT2D eigenvalue weighted by Crippen LogP contribution is -2.48. The molecule has 20 nitrogen and oxygen atoms in total. The fraction of sp³-hybridized carbons (Fsp3) is 0.378. The molecule has 0 bridgehead atoms. The number of hydrogen-bond acceptors (Lipinski definition) is 16. The Bertz CT molecular complexity index is 4580. The molecule has 8 heterocycles. The maximum atomic E-state index is 13.2. The number of nitrogens with two attached hydrogens (primary N) is 1. The average molecular weight is 1310 g/mol. The standard InChI is InChI=1S/C33H39N7O3.C27H29N5O2.C8H7ClO2.C6H13N/c1-18-28(19(2)43-38-18)23-16-26-22(17-27(23)42-8)29-30(34-20(3)35-31(29)36-26)21-9-10-25(24(15-21)33(4,5)6)37-32(41)40-13-11-39(7)12-14-40;1-13-23(14(2)34-32-13)18-11-21-17(12-22(18)33-7)24-25(29-15(3)30-26(24)31-21)16-8-9-20(28)19(10-16)27(4,5)6;1-6-2-4-7(5-3-6)11-8(9)10;1-7-5-3-2-4-6-7/h9-10,15-17H,11-14H2,1-8H3,(H,37,41)(H,34,35,36);8-12H,28H2,1-7H3,(H,29,30,31);2-5H,1H3;2-6H2,1H3. The fourth-order valence-electron chi connectivity index (χ4n) is 12.5. The maximum Gasteiger partial charge on any atom is 0.409 e. The summed E-state index contributed by atoms with van der Waals surface area (Å²) in [5, 5.41) is 15.3. The van der Waals surface area contributed by atoms with Crippen molar-refractivity contribution in [1.82, 2.24) is 54.9 Å². The van der Waals surface area contributed by atoms with Gasteiger partial charge in [-0.15, -0.1) is 0 Å². The van der Waals surface area contributed by atoms with E-state index in [1.807, 2.05) is 102 Å². The van der Waals surface area contributed by atoms with Gasteiger partial charge in [-0.3, -0.25) is 0 Å². The van der Waals surface area contributed by atoms with Gasteiger partial charge in [-0.25, -0.2) is 29.5 Å². The highest BCUT2D eigenvalue weighted by atomic mass is 35.5. The smallest absolute Gasteiger partial charge is 0.409 e. The first kappa shape index (κ1) is 68.5. The second-order valence-corrected chi connectivity index (χ2v) is 27.1. The predicted octanol–water partition coefficient (Wildman–Crippen LogP) is 16.5. The first-order valence-electron chi connectivity index (χ1n) is 32.2. The number of piperidine rings is 1. The van der Waals surface area contributed by atoms with Crippen LogP contribution in [0.4, 0.5) is 21.0 Å². The number of ether oxygens (including phenoxy) is 3. The van der Waals surface area contributed by atoms with E-state index in [2.05, 4.69) is 120 Å². The molecule has 95 heavy (non-hydrogen) atoms. The molecule has 0 aliphatic carbocycles. The van der Waals surface area contributed by atoms with Crippen molar-refractivity contribution >= 4 is 78.3 Å². The van der Waals surface area contributed by atoms with Crippen molar-refractivity contribution in [3.8, 4) is 62.0 Å². The summed E-state index contributed by atoms with van der Waals surface area (Å²) >= 11 is 4.99. The molecule has 2 amide bonds. The molecule has 21 heteroatoms. The normalized spacial score (nSPS) is 13.9. The van der Waals surface area contributed by atoms with Gasteiger partial charge in [-0.05, 0) is 171 Å². The Labute approximate surface area is 560 Å². The number of anilines is 2. The number of urea groups is 1. The molecule has 2 saturated heterocycles. The minimum absolute atomic E-state index is 0.0653. The number of aryl methyl sites for hydroxylation is 7. The number of H-pyrrole nitrogens is 2. The van der Waals surface area contributed by atoms with Gasteiger partial charge in [0, 0.05) is 93.2 Å². The zero-order valence-corrected chi connectivity index (χ0v) is 58.5. The second kappa shape index (κ2) is 28.3. The van der Waals surface area contributed by atoms with Crippen LogP contribution in [0.5, 0.6) is 17.2 Å². The van der Waals surface area contributed by atoms with Crippen LogP contribution in [0.15, 0.2) is 94.0 Å². The summed E-state index contributed by atoms with van der Waals surface area (Å²) in [4.78, 5) is 56.3. The van der Waals surface area contributed by atoms with Crippen molar-refractivity contribution in [2.45, 2.75) is 120 Å². The highest BCUT2D eigenvalue weighted by molar-refractivity contribution is 6.61. The molecule has 0 radical (unpaired) electrons. The van der Waals surface area contributed by atoms with Crippen LogP contribution in [0.25, 0.3) is 88.6 Å². The van der Waals surface area contributed by atoms with E-state index >= 15 is 0 Å². The number of carbonyl (C=O) groups is 2. The number of halogens is 1. The van der Waals surface area contributed by atoms with Crippen LogP contribution in [0, 0.1) is 48.5 Å². The largest absolute Gasteiger partial charge is 0.496 e. The third-order valence-corrected chi connectivity index (χ3v) is 17.5. The van der Waals surface area contributed by atoms with Crippen LogP contribution in [-0.4, -0.2) is 134 Å². The van der Waals surface area contributed by atoms with Crippen LogP contribution in [0.3, 0.4) is 0 Å². The lowest BCUT2D eigenvalue weighted by Gasteiger charge is -2.33. The van der Waals surface area contributed by atoms with E-state index in [1.54, 1.807) is 26.4 Å². The molecule has 0 unspecified atom stereocenters. The van der Waals surface area contributed by atoms with E-state index in [9.17, 15) is 9.59 Å². The van der Waals surface area contributed by atoms with E-state index in [1.165, 1.54) is 32.4 Å². The van der Waals surface area contributed by atoms with Crippen molar-refractivity contribution in [2.24, 2.45) is 0 Å². The Balaban J connectivity index is 0.000000166. The number of benzene rings is 5. The summed E-state index contributed by atoms with van der Waals surface area (Å²) in [6.07, 6.45) is 4.28. The van der Waals surface area contributed by atoms with Crippen LogP contribution in [0.2, 0.25) is 0 Å². The molecular weight excluding hydrogens is 1220 g/mol. The summed E-state index contributed by atoms with van der Waals surface area (Å²) in [6, 6.07) is 27.5.